The van der Waals surface area contributed by atoms with E-state index in [0.29, 0.717) is 38.1 Å². The van der Waals surface area contributed by atoms with Crippen LogP contribution in [0.15, 0.2) is 42.5 Å². The van der Waals surface area contributed by atoms with Crippen molar-refractivity contribution in [2.75, 3.05) is 32.8 Å². The van der Waals surface area contributed by atoms with E-state index in [9.17, 15) is 13.6 Å². The molecule has 0 unspecified atom stereocenters. The Morgan fingerprint density at radius 1 is 1.08 bits per heavy atom. The number of benzene rings is 2. The van der Waals surface area contributed by atoms with Crippen LogP contribution in [0.1, 0.15) is 57.1 Å². The fourth-order valence-corrected chi connectivity index (χ4v) is 5.68. The molecule has 0 aromatic heterocycles. The number of likely N-dealkylation sites (tertiary alicyclic amines) is 2. The molecule has 0 aliphatic carbocycles. The van der Waals surface area contributed by atoms with Gasteiger partial charge in [0.1, 0.15) is 23.6 Å². The predicted octanol–water partition coefficient (Wildman–Crippen LogP) is 5.50. The standard InChI is InChI=1S/C29H36F2N2O4/c1-28(2,3)37-27(34)33-18-29(19-33)15-22(17-36-29)32-11-9-21(10-12-32)23-13-24(30)25(31)14-26(23)35-16-20-7-5-4-6-8-20/h4-8,13-14,21-22H,9-12,15-19H2,1-3H3/t22-/m0/s1. The predicted molar refractivity (Wildman–Crippen MR) is 136 cm³/mol. The number of carbonyl (C=O) groups is 1. The summed E-state index contributed by atoms with van der Waals surface area (Å²) < 4.78 is 45.9. The fourth-order valence-electron chi connectivity index (χ4n) is 5.68. The number of rotatable bonds is 5. The second kappa shape index (κ2) is 10.2. The Morgan fingerprint density at radius 2 is 1.76 bits per heavy atom. The molecule has 3 aliphatic rings. The largest absolute Gasteiger partial charge is 0.489 e. The van der Waals surface area contributed by atoms with Gasteiger partial charge in [-0.1, -0.05) is 30.3 Å². The number of carbonyl (C=O) groups excluding carboxylic acids is 1. The molecular formula is C29H36F2N2O4. The van der Waals surface area contributed by atoms with E-state index in [-0.39, 0.29) is 17.6 Å². The van der Waals surface area contributed by atoms with Gasteiger partial charge < -0.3 is 19.1 Å². The van der Waals surface area contributed by atoms with Crippen LogP contribution < -0.4 is 4.74 Å². The first kappa shape index (κ1) is 25.9. The van der Waals surface area contributed by atoms with E-state index in [2.05, 4.69) is 4.90 Å². The molecule has 1 amide bonds. The Kier molecular flexibility index (Phi) is 7.16. The first-order valence-electron chi connectivity index (χ1n) is 13.1. The molecule has 0 bridgehead atoms. The van der Waals surface area contributed by atoms with E-state index in [4.69, 9.17) is 14.2 Å². The minimum atomic E-state index is -0.890. The normalized spacial score (nSPS) is 22.2. The summed E-state index contributed by atoms with van der Waals surface area (Å²) >= 11 is 0. The van der Waals surface area contributed by atoms with E-state index in [1.807, 2.05) is 51.1 Å². The number of hydrogen-bond donors (Lipinski definition) is 0. The molecule has 6 nitrogen and oxygen atoms in total. The van der Waals surface area contributed by atoms with Crippen molar-refractivity contribution in [1.82, 2.24) is 9.80 Å². The highest BCUT2D eigenvalue weighted by Crippen LogP contribution is 2.41. The molecular weight excluding hydrogens is 478 g/mol. The van der Waals surface area contributed by atoms with Crippen molar-refractivity contribution in [3.63, 3.8) is 0 Å². The molecule has 1 spiro atoms. The van der Waals surface area contributed by atoms with Gasteiger partial charge in [-0.2, -0.15) is 0 Å². The van der Waals surface area contributed by atoms with E-state index in [1.54, 1.807) is 4.90 Å². The van der Waals surface area contributed by atoms with Crippen molar-refractivity contribution in [1.29, 1.82) is 0 Å². The lowest BCUT2D eigenvalue weighted by Gasteiger charge is -2.47. The van der Waals surface area contributed by atoms with Gasteiger partial charge in [-0.05, 0) is 70.7 Å². The molecule has 5 rings (SSSR count). The molecule has 3 fully saturated rings. The maximum absolute atomic E-state index is 14.2. The number of amides is 1. The third-order valence-electron chi connectivity index (χ3n) is 7.57. The molecule has 3 heterocycles. The number of nitrogens with zero attached hydrogens (tertiary/aromatic N) is 2. The second-order valence-electron chi connectivity index (χ2n) is 11.6. The van der Waals surface area contributed by atoms with Crippen molar-refractivity contribution in [3.05, 3.63) is 65.2 Å². The zero-order valence-corrected chi connectivity index (χ0v) is 21.8. The summed E-state index contributed by atoms with van der Waals surface area (Å²) in [5.74, 6) is -1.21. The van der Waals surface area contributed by atoms with Crippen molar-refractivity contribution in [3.8, 4) is 5.75 Å². The minimum absolute atomic E-state index is 0.0970. The van der Waals surface area contributed by atoms with Gasteiger partial charge in [0.2, 0.25) is 0 Å². The summed E-state index contributed by atoms with van der Waals surface area (Å²) in [5, 5.41) is 0. The molecule has 0 saturated carbocycles. The Balaban J connectivity index is 1.16. The number of hydrogen-bond acceptors (Lipinski definition) is 5. The third kappa shape index (κ3) is 5.91. The monoisotopic (exact) mass is 514 g/mol. The topological polar surface area (TPSA) is 51.2 Å². The quantitative estimate of drug-likeness (QED) is 0.527. The fraction of sp³-hybridized carbons (Fsp3) is 0.552. The van der Waals surface area contributed by atoms with Crippen LogP contribution in [0, 0.1) is 11.6 Å². The zero-order valence-electron chi connectivity index (χ0n) is 21.8. The summed E-state index contributed by atoms with van der Waals surface area (Å²) in [4.78, 5) is 16.5. The lowest BCUT2D eigenvalue weighted by Crippen LogP contribution is -2.64. The molecule has 200 valence electrons. The molecule has 3 aliphatic heterocycles. The lowest BCUT2D eigenvalue weighted by atomic mass is 9.86. The first-order valence-corrected chi connectivity index (χ1v) is 13.1. The van der Waals surface area contributed by atoms with Gasteiger partial charge >= 0.3 is 6.09 Å². The smallest absolute Gasteiger partial charge is 0.410 e. The van der Waals surface area contributed by atoms with E-state index < -0.39 is 17.2 Å². The van der Waals surface area contributed by atoms with E-state index in [0.717, 1.165) is 43.5 Å². The first-order chi connectivity index (χ1) is 17.6. The Bertz CT molecular complexity index is 1110. The lowest BCUT2D eigenvalue weighted by molar-refractivity contribution is -0.109. The van der Waals surface area contributed by atoms with Crippen LogP contribution in [0.3, 0.4) is 0 Å². The number of ether oxygens (including phenoxy) is 3. The maximum Gasteiger partial charge on any atom is 0.410 e. The molecule has 0 radical (unpaired) electrons. The van der Waals surface area contributed by atoms with Crippen LogP contribution in [0.25, 0.3) is 0 Å². The Hall–Kier alpha value is -2.71. The van der Waals surface area contributed by atoms with Gasteiger partial charge in [-0.3, -0.25) is 4.90 Å². The minimum Gasteiger partial charge on any atom is -0.489 e. The van der Waals surface area contributed by atoms with E-state index in [1.165, 1.54) is 12.1 Å². The molecule has 3 saturated heterocycles. The molecule has 2 aromatic rings. The van der Waals surface area contributed by atoms with E-state index >= 15 is 0 Å². The molecule has 2 aromatic carbocycles. The zero-order chi connectivity index (χ0) is 26.2. The SMILES string of the molecule is CC(C)(C)OC(=O)N1CC2(C[C@H](N3CCC(c4cc(F)c(F)cc4OCc4ccccc4)CC3)CO2)C1. The van der Waals surface area contributed by atoms with Gasteiger partial charge in [-0.25, -0.2) is 13.6 Å². The summed E-state index contributed by atoms with van der Waals surface area (Å²) in [6.07, 6.45) is 2.26. The van der Waals surface area contributed by atoms with Crippen molar-refractivity contribution >= 4 is 6.09 Å². The van der Waals surface area contributed by atoms with Crippen molar-refractivity contribution in [2.45, 2.75) is 69.8 Å². The average Bonchev–Trinajstić information content (AvgIpc) is 3.29. The molecule has 1 atom stereocenters. The van der Waals surface area contributed by atoms with Gasteiger partial charge in [-0.15, -0.1) is 0 Å². The van der Waals surface area contributed by atoms with Crippen LogP contribution in [0.5, 0.6) is 5.75 Å². The van der Waals surface area contributed by atoms with Crippen LogP contribution in [-0.4, -0.2) is 65.9 Å². The highest BCUT2D eigenvalue weighted by molar-refractivity contribution is 5.69. The molecule has 8 heteroatoms. The maximum atomic E-state index is 14.2. The highest BCUT2D eigenvalue weighted by Gasteiger charge is 2.53. The summed E-state index contributed by atoms with van der Waals surface area (Å²) in [6.45, 7) is 9.37. The average molecular weight is 515 g/mol. The van der Waals surface area contributed by atoms with Crippen LogP contribution in [0.4, 0.5) is 13.6 Å². The number of piperidine rings is 1. The Morgan fingerprint density at radius 3 is 2.43 bits per heavy atom. The third-order valence-corrected chi connectivity index (χ3v) is 7.57. The molecule has 37 heavy (non-hydrogen) atoms. The summed E-state index contributed by atoms with van der Waals surface area (Å²) in [7, 11) is 0. The van der Waals surface area contributed by atoms with Crippen LogP contribution in [0.2, 0.25) is 0 Å². The molecule has 0 N–H and O–H groups in total. The van der Waals surface area contributed by atoms with Crippen LogP contribution >= 0.6 is 0 Å². The van der Waals surface area contributed by atoms with Gasteiger partial charge in [0.25, 0.3) is 0 Å². The summed E-state index contributed by atoms with van der Waals surface area (Å²) in [5.41, 5.74) is 0.921. The van der Waals surface area contributed by atoms with Crippen molar-refractivity contribution in [2.24, 2.45) is 0 Å². The summed E-state index contributed by atoms with van der Waals surface area (Å²) in [6, 6.07) is 12.5. The van der Waals surface area contributed by atoms with Gasteiger partial charge in [0.05, 0.1) is 19.7 Å². The van der Waals surface area contributed by atoms with Gasteiger partial charge in [0.15, 0.2) is 11.6 Å². The number of halogens is 2. The second-order valence-corrected chi connectivity index (χ2v) is 11.6. The highest BCUT2D eigenvalue weighted by atomic mass is 19.2. The van der Waals surface area contributed by atoms with Crippen LogP contribution in [-0.2, 0) is 16.1 Å². The van der Waals surface area contributed by atoms with Gasteiger partial charge in [0, 0.05) is 17.7 Å². The van der Waals surface area contributed by atoms with Crippen molar-refractivity contribution < 1.29 is 27.8 Å². The Labute approximate surface area is 217 Å².